The number of anilines is 1. The summed E-state index contributed by atoms with van der Waals surface area (Å²) in [5.41, 5.74) is 7.07. The van der Waals surface area contributed by atoms with Crippen molar-refractivity contribution < 1.29 is 4.74 Å². The van der Waals surface area contributed by atoms with E-state index in [1.807, 2.05) is 12.1 Å². The number of halogens is 1. The molecule has 0 aliphatic carbocycles. The minimum absolute atomic E-state index is 0.274. The average Bonchev–Trinajstić information content (AvgIpc) is 2.37. The standard InChI is InChI=1S/C13H10ClN3O/c14-12-6-5-11(16)13(17-12)18-10-3-1-9(2-4-10)7-8-15/h1-6H,7,16H2. The number of hydrogen-bond acceptors (Lipinski definition) is 4. The molecule has 1 aromatic heterocycles. The number of nitrogens with zero attached hydrogens (tertiary/aromatic N) is 2. The maximum Gasteiger partial charge on any atom is 0.244 e. The van der Waals surface area contributed by atoms with Crippen LogP contribution in [0.3, 0.4) is 0 Å². The molecule has 0 atom stereocenters. The highest BCUT2D eigenvalue weighted by Gasteiger charge is 2.05. The van der Waals surface area contributed by atoms with E-state index in [1.54, 1.807) is 24.3 Å². The Bertz CT molecular complexity index is 590. The van der Waals surface area contributed by atoms with E-state index >= 15 is 0 Å². The molecule has 2 rings (SSSR count). The number of aromatic nitrogens is 1. The fraction of sp³-hybridized carbons (Fsp3) is 0.0769. The Morgan fingerprint density at radius 3 is 2.61 bits per heavy atom. The molecule has 0 aliphatic rings. The molecule has 0 saturated carbocycles. The van der Waals surface area contributed by atoms with Crippen LogP contribution >= 0.6 is 11.6 Å². The van der Waals surface area contributed by atoms with Crippen LogP contribution in [0.15, 0.2) is 36.4 Å². The molecule has 0 spiro atoms. The fourth-order valence-corrected chi connectivity index (χ4v) is 1.53. The quantitative estimate of drug-likeness (QED) is 0.860. The number of hydrogen-bond donors (Lipinski definition) is 1. The van der Waals surface area contributed by atoms with E-state index < -0.39 is 0 Å². The highest BCUT2D eigenvalue weighted by molar-refractivity contribution is 6.29. The Morgan fingerprint density at radius 1 is 1.22 bits per heavy atom. The summed E-state index contributed by atoms with van der Waals surface area (Å²) in [5.74, 6) is 0.869. The van der Waals surface area contributed by atoms with Gasteiger partial charge in [0.1, 0.15) is 10.9 Å². The highest BCUT2D eigenvalue weighted by Crippen LogP contribution is 2.26. The Hall–Kier alpha value is -2.25. The number of benzene rings is 1. The summed E-state index contributed by atoms with van der Waals surface area (Å²) in [4.78, 5) is 3.99. The Kier molecular flexibility index (Phi) is 3.66. The lowest BCUT2D eigenvalue weighted by atomic mass is 10.2. The second kappa shape index (κ2) is 5.39. The van der Waals surface area contributed by atoms with Gasteiger partial charge in [-0.15, -0.1) is 0 Å². The van der Waals surface area contributed by atoms with Crippen molar-refractivity contribution in [3.63, 3.8) is 0 Å². The van der Waals surface area contributed by atoms with Crippen LogP contribution in [-0.2, 0) is 6.42 Å². The molecule has 0 aliphatic heterocycles. The van der Waals surface area contributed by atoms with E-state index in [1.165, 1.54) is 0 Å². The van der Waals surface area contributed by atoms with Crippen molar-refractivity contribution in [2.24, 2.45) is 0 Å². The van der Waals surface area contributed by atoms with Crippen molar-refractivity contribution in [3.8, 4) is 17.7 Å². The van der Waals surface area contributed by atoms with Gasteiger partial charge in [-0.3, -0.25) is 0 Å². The maximum absolute atomic E-state index is 8.57. The van der Waals surface area contributed by atoms with E-state index in [-0.39, 0.29) is 5.88 Å². The summed E-state index contributed by atoms with van der Waals surface area (Å²) in [7, 11) is 0. The van der Waals surface area contributed by atoms with Crippen LogP contribution in [0.1, 0.15) is 5.56 Å². The monoisotopic (exact) mass is 259 g/mol. The molecule has 1 heterocycles. The number of nitriles is 1. The van der Waals surface area contributed by atoms with E-state index in [9.17, 15) is 0 Å². The van der Waals surface area contributed by atoms with Crippen molar-refractivity contribution in [2.75, 3.05) is 5.73 Å². The van der Waals surface area contributed by atoms with Gasteiger partial charge in [0.05, 0.1) is 18.2 Å². The third kappa shape index (κ3) is 2.90. The summed E-state index contributed by atoms with van der Waals surface area (Å²) in [6, 6.07) is 12.5. The van der Waals surface area contributed by atoms with Gasteiger partial charge in [0.25, 0.3) is 0 Å². The molecule has 18 heavy (non-hydrogen) atoms. The maximum atomic E-state index is 8.57. The predicted octanol–water partition coefficient (Wildman–Crippen LogP) is 3.18. The van der Waals surface area contributed by atoms with Crippen LogP contribution < -0.4 is 10.5 Å². The van der Waals surface area contributed by atoms with E-state index in [0.717, 1.165) is 5.56 Å². The first-order valence-electron chi connectivity index (χ1n) is 5.25. The lowest BCUT2D eigenvalue weighted by Crippen LogP contribution is -1.95. The van der Waals surface area contributed by atoms with Gasteiger partial charge in [-0.05, 0) is 29.8 Å². The fourth-order valence-electron chi connectivity index (χ4n) is 1.39. The zero-order valence-electron chi connectivity index (χ0n) is 9.43. The van der Waals surface area contributed by atoms with Crippen LogP contribution in [0.2, 0.25) is 5.15 Å². The SMILES string of the molecule is N#CCc1ccc(Oc2nc(Cl)ccc2N)cc1. The van der Waals surface area contributed by atoms with Crippen LogP contribution in [-0.4, -0.2) is 4.98 Å². The molecular weight excluding hydrogens is 250 g/mol. The Labute approximate surface area is 110 Å². The van der Waals surface area contributed by atoms with Crippen molar-refractivity contribution >= 4 is 17.3 Å². The average molecular weight is 260 g/mol. The molecule has 0 unspecified atom stereocenters. The number of ether oxygens (including phenoxy) is 1. The van der Waals surface area contributed by atoms with Crippen LogP contribution in [0.5, 0.6) is 11.6 Å². The normalized spacial score (nSPS) is 9.78. The molecule has 0 saturated heterocycles. The zero-order valence-corrected chi connectivity index (χ0v) is 10.2. The van der Waals surface area contributed by atoms with Crippen molar-refractivity contribution in [1.29, 1.82) is 5.26 Å². The first kappa shape index (κ1) is 12.2. The minimum Gasteiger partial charge on any atom is -0.437 e. The number of rotatable bonds is 3. The Balaban J connectivity index is 2.18. The van der Waals surface area contributed by atoms with Crippen LogP contribution in [0, 0.1) is 11.3 Å². The molecule has 1 aromatic carbocycles. The van der Waals surface area contributed by atoms with Crippen LogP contribution in [0.25, 0.3) is 0 Å². The molecule has 5 heteroatoms. The highest BCUT2D eigenvalue weighted by atomic mass is 35.5. The van der Waals surface area contributed by atoms with E-state index in [0.29, 0.717) is 23.0 Å². The van der Waals surface area contributed by atoms with E-state index in [2.05, 4.69) is 11.1 Å². The zero-order chi connectivity index (χ0) is 13.0. The molecule has 0 bridgehead atoms. The number of nitrogen functional groups attached to an aromatic ring is 1. The van der Waals surface area contributed by atoms with Gasteiger partial charge in [0, 0.05) is 0 Å². The number of nitrogens with two attached hydrogens (primary N) is 1. The lowest BCUT2D eigenvalue weighted by molar-refractivity contribution is 0.465. The van der Waals surface area contributed by atoms with Gasteiger partial charge in [0.15, 0.2) is 0 Å². The second-order valence-electron chi connectivity index (χ2n) is 3.61. The van der Waals surface area contributed by atoms with Gasteiger partial charge in [-0.2, -0.15) is 10.2 Å². The van der Waals surface area contributed by atoms with Crippen LogP contribution in [0.4, 0.5) is 5.69 Å². The molecule has 4 nitrogen and oxygen atoms in total. The molecule has 2 aromatic rings. The Morgan fingerprint density at radius 2 is 1.94 bits per heavy atom. The first-order valence-corrected chi connectivity index (χ1v) is 5.62. The third-order valence-corrected chi connectivity index (χ3v) is 2.49. The topological polar surface area (TPSA) is 71.9 Å². The molecule has 0 amide bonds. The molecule has 0 fully saturated rings. The second-order valence-corrected chi connectivity index (χ2v) is 4.00. The third-order valence-electron chi connectivity index (χ3n) is 2.28. The van der Waals surface area contributed by atoms with Gasteiger partial charge >= 0.3 is 0 Å². The summed E-state index contributed by atoms with van der Waals surface area (Å²) in [5, 5.41) is 8.89. The smallest absolute Gasteiger partial charge is 0.244 e. The molecular formula is C13H10ClN3O. The van der Waals surface area contributed by atoms with Gasteiger partial charge < -0.3 is 10.5 Å². The molecule has 90 valence electrons. The molecule has 2 N–H and O–H groups in total. The summed E-state index contributed by atoms with van der Waals surface area (Å²) >= 11 is 5.77. The number of pyridine rings is 1. The molecule has 0 radical (unpaired) electrons. The van der Waals surface area contributed by atoms with Crippen molar-refractivity contribution in [3.05, 3.63) is 47.1 Å². The largest absolute Gasteiger partial charge is 0.437 e. The van der Waals surface area contributed by atoms with Gasteiger partial charge in [-0.1, -0.05) is 23.7 Å². The van der Waals surface area contributed by atoms with Gasteiger partial charge in [-0.25, -0.2) is 0 Å². The van der Waals surface area contributed by atoms with E-state index in [4.69, 9.17) is 27.3 Å². The van der Waals surface area contributed by atoms with Crippen molar-refractivity contribution in [1.82, 2.24) is 4.98 Å². The lowest BCUT2D eigenvalue weighted by Gasteiger charge is -2.07. The predicted molar refractivity (Wildman–Crippen MR) is 69.5 cm³/mol. The summed E-state index contributed by atoms with van der Waals surface area (Å²) < 4.78 is 5.52. The summed E-state index contributed by atoms with van der Waals surface area (Å²) in [6.07, 6.45) is 0.373. The summed E-state index contributed by atoms with van der Waals surface area (Å²) in [6.45, 7) is 0. The first-order chi connectivity index (χ1) is 8.69. The van der Waals surface area contributed by atoms with Crippen molar-refractivity contribution in [2.45, 2.75) is 6.42 Å². The minimum atomic E-state index is 0.274. The van der Waals surface area contributed by atoms with Gasteiger partial charge in [0.2, 0.25) is 5.88 Å².